The van der Waals surface area contributed by atoms with Crippen LogP contribution in [0.1, 0.15) is 12.5 Å². The minimum Gasteiger partial charge on any atom is -0.464 e. The van der Waals surface area contributed by atoms with E-state index in [-0.39, 0.29) is 0 Å². The molecule has 1 amide bonds. The molecule has 0 aliphatic heterocycles. The lowest BCUT2D eigenvalue weighted by Crippen LogP contribution is -2.31. The van der Waals surface area contributed by atoms with Crippen molar-refractivity contribution in [1.82, 2.24) is 4.90 Å². The third kappa shape index (κ3) is 2.20. The van der Waals surface area contributed by atoms with Gasteiger partial charge in [-0.3, -0.25) is 9.59 Å². The van der Waals surface area contributed by atoms with Gasteiger partial charge in [-0.15, -0.1) is 0 Å². The van der Waals surface area contributed by atoms with Gasteiger partial charge in [0.1, 0.15) is 5.58 Å². The van der Waals surface area contributed by atoms with Gasteiger partial charge in [0.15, 0.2) is 0 Å². The van der Waals surface area contributed by atoms with E-state index in [0.717, 1.165) is 16.5 Å². The Morgan fingerprint density at radius 2 is 2.00 bits per heavy atom. The lowest BCUT2D eigenvalue weighted by molar-refractivity contribution is -0.143. The van der Waals surface area contributed by atoms with E-state index in [1.165, 1.54) is 11.8 Å². The molecule has 4 heteroatoms. The van der Waals surface area contributed by atoms with Crippen molar-refractivity contribution in [3.05, 3.63) is 36.1 Å². The van der Waals surface area contributed by atoms with Gasteiger partial charge >= 0.3 is 0 Å². The number of benzene rings is 1. The highest BCUT2D eigenvalue weighted by Crippen LogP contribution is 2.21. The van der Waals surface area contributed by atoms with Gasteiger partial charge in [0.25, 0.3) is 5.91 Å². The molecule has 0 bridgehead atoms. The van der Waals surface area contributed by atoms with Crippen LogP contribution in [0, 0.1) is 0 Å². The highest BCUT2D eigenvalue weighted by molar-refractivity contribution is 6.34. The number of para-hydroxylation sites is 1. The lowest BCUT2D eigenvalue weighted by atomic mass is 10.1. The van der Waals surface area contributed by atoms with Crippen LogP contribution in [-0.2, 0) is 16.1 Å². The molecule has 0 saturated carbocycles. The standard InChI is InChI=1S/C13H13NO3/c1-9(15)13(16)14(2)7-10-8-17-12-6-4-3-5-11(10)12/h3-6,8H,7H2,1-2H3. The number of carbonyl (C=O) groups is 2. The summed E-state index contributed by atoms with van der Waals surface area (Å²) in [5.74, 6) is -0.949. The quantitative estimate of drug-likeness (QED) is 0.759. The van der Waals surface area contributed by atoms with Gasteiger partial charge in [-0.2, -0.15) is 0 Å². The molecule has 4 nitrogen and oxygen atoms in total. The molecule has 1 heterocycles. The third-order valence-corrected chi connectivity index (χ3v) is 2.62. The smallest absolute Gasteiger partial charge is 0.289 e. The molecule has 2 aromatic rings. The Hall–Kier alpha value is -2.10. The van der Waals surface area contributed by atoms with Crippen molar-refractivity contribution in [3.8, 4) is 0 Å². The molecule has 0 saturated heterocycles. The van der Waals surface area contributed by atoms with Crippen molar-refractivity contribution in [3.63, 3.8) is 0 Å². The Kier molecular flexibility index (Phi) is 2.95. The van der Waals surface area contributed by atoms with Gasteiger partial charge in [-0.05, 0) is 6.07 Å². The number of hydrogen-bond acceptors (Lipinski definition) is 3. The first-order valence-corrected chi connectivity index (χ1v) is 5.30. The van der Waals surface area contributed by atoms with Crippen LogP contribution in [-0.4, -0.2) is 23.6 Å². The van der Waals surface area contributed by atoms with Gasteiger partial charge in [0, 0.05) is 31.5 Å². The van der Waals surface area contributed by atoms with Crippen LogP contribution in [0.15, 0.2) is 34.9 Å². The van der Waals surface area contributed by atoms with E-state index in [1.54, 1.807) is 13.3 Å². The molecule has 17 heavy (non-hydrogen) atoms. The zero-order chi connectivity index (χ0) is 12.4. The van der Waals surface area contributed by atoms with Crippen LogP contribution in [0.2, 0.25) is 0 Å². The first kappa shape index (κ1) is 11.4. The average Bonchev–Trinajstić information content (AvgIpc) is 2.71. The van der Waals surface area contributed by atoms with E-state index in [1.807, 2.05) is 24.3 Å². The Morgan fingerprint density at radius 3 is 2.71 bits per heavy atom. The summed E-state index contributed by atoms with van der Waals surface area (Å²) in [6.45, 7) is 1.64. The number of carbonyl (C=O) groups excluding carboxylic acids is 2. The Labute approximate surface area is 98.8 Å². The minimum absolute atomic E-state index is 0.370. The van der Waals surface area contributed by atoms with Crippen molar-refractivity contribution in [2.75, 3.05) is 7.05 Å². The largest absolute Gasteiger partial charge is 0.464 e. The first-order valence-electron chi connectivity index (χ1n) is 5.30. The van der Waals surface area contributed by atoms with Crippen LogP contribution in [0.4, 0.5) is 0 Å². The molecule has 0 aliphatic carbocycles. The highest BCUT2D eigenvalue weighted by atomic mass is 16.3. The molecule has 0 N–H and O–H groups in total. The summed E-state index contributed by atoms with van der Waals surface area (Å²) < 4.78 is 5.37. The molecule has 0 atom stereocenters. The normalized spacial score (nSPS) is 10.5. The second-order valence-corrected chi connectivity index (χ2v) is 3.97. The Bertz CT molecular complexity index is 571. The predicted octanol–water partition coefficient (Wildman–Crippen LogP) is 1.98. The number of furan rings is 1. The van der Waals surface area contributed by atoms with Crippen LogP contribution in [0.3, 0.4) is 0 Å². The summed E-state index contributed by atoms with van der Waals surface area (Å²) in [5.41, 5.74) is 1.68. The zero-order valence-corrected chi connectivity index (χ0v) is 9.77. The summed E-state index contributed by atoms with van der Waals surface area (Å²) in [6.07, 6.45) is 1.62. The molecule has 88 valence electrons. The zero-order valence-electron chi connectivity index (χ0n) is 9.77. The molecular weight excluding hydrogens is 218 g/mol. The molecule has 0 fully saturated rings. The number of ketones is 1. The molecule has 0 unspecified atom stereocenters. The molecule has 1 aromatic heterocycles. The third-order valence-electron chi connectivity index (χ3n) is 2.62. The molecule has 1 aromatic carbocycles. The van der Waals surface area contributed by atoms with Crippen molar-refractivity contribution < 1.29 is 14.0 Å². The predicted molar refractivity (Wildman–Crippen MR) is 63.4 cm³/mol. The minimum atomic E-state index is -0.490. The van der Waals surface area contributed by atoms with E-state index >= 15 is 0 Å². The molecule has 0 aliphatic rings. The summed E-state index contributed by atoms with van der Waals surface area (Å²) in [7, 11) is 1.60. The van der Waals surface area contributed by atoms with Gasteiger partial charge < -0.3 is 9.32 Å². The van der Waals surface area contributed by atoms with Crippen LogP contribution >= 0.6 is 0 Å². The maximum atomic E-state index is 11.5. The van der Waals surface area contributed by atoms with Crippen LogP contribution in [0.5, 0.6) is 0 Å². The second kappa shape index (κ2) is 4.41. The summed E-state index contributed by atoms with van der Waals surface area (Å²) in [5, 5.41) is 0.968. The highest BCUT2D eigenvalue weighted by Gasteiger charge is 2.15. The number of rotatable bonds is 3. The number of nitrogens with zero attached hydrogens (tertiary/aromatic N) is 1. The van der Waals surface area contributed by atoms with Crippen LogP contribution in [0.25, 0.3) is 11.0 Å². The molecule has 0 spiro atoms. The SMILES string of the molecule is CC(=O)C(=O)N(C)Cc1coc2ccccc12. The first-order chi connectivity index (χ1) is 8.09. The van der Waals surface area contributed by atoms with E-state index in [4.69, 9.17) is 4.42 Å². The summed E-state index contributed by atoms with van der Waals surface area (Å²) in [6, 6.07) is 7.60. The lowest BCUT2D eigenvalue weighted by Gasteiger charge is -2.14. The van der Waals surface area contributed by atoms with E-state index in [9.17, 15) is 9.59 Å². The number of hydrogen-bond donors (Lipinski definition) is 0. The van der Waals surface area contributed by atoms with E-state index in [2.05, 4.69) is 0 Å². The fourth-order valence-corrected chi connectivity index (χ4v) is 1.75. The molecular formula is C13H13NO3. The summed E-state index contributed by atoms with van der Waals surface area (Å²) >= 11 is 0. The van der Waals surface area contributed by atoms with Crippen molar-refractivity contribution >= 4 is 22.7 Å². The number of fused-ring (bicyclic) bond motifs is 1. The van der Waals surface area contributed by atoms with Crippen molar-refractivity contribution in [2.24, 2.45) is 0 Å². The molecule has 0 radical (unpaired) electrons. The van der Waals surface area contributed by atoms with Gasteiger partial charge in [-0.25, -0.2) is 0 Å². The second-order valence-electron chi connectivity index (χ2n) is 3.97. The van der Waals surface area contributed by atoms with Crippen molar-refractivity contribution in [1.29, 1.82) is 0 Å². The fraction of sp³-hybridized carbons (Fsp3) is 0.231. The summed E-state index contributed by atoms with van der Waals surface area (Å²) in [4.78, 5) is 23.8. The van der Waals surface area contributed by atoms with Crippen molar-refractivity contribution in [2.45, 2.75) is 13.5 Å². The maximum Gasteiger partial charge on any atom is 0.289 e. The number of amides is 1. The Morgan fingerprint density at radius 1 is 1.29 bits per heavy atom. The number of likely N-dealkylation sites (N-methyl/N-ethyl adjacent to an activating group) is 1. The average molecular weight is 231 g/mol. The van der Waals surface area contributed by atoms with Crippen LogP contribution < -0.4 is 0 Å². The topological polar surface area (TPSA) is 50.5 Å². The fourth-order valence-electron chi connectivity index (χ4n) is 1.75. The van der Waals surface area contributed by atoms with Gasteiger partial charge in [0.05, 0.1) is 6.26 Å². The monoisotopic (exact) mass is 231 g/mol. The maximum absolute atomic E-state index is 11.5. The van der Waals surface area contributed by atoms with Gasteiger partial charge in [-0.1, -0.05) is 18.2 Å². The van der Waals surface area contributed by atoms with E-state index < -0.39 is 11.7 Å². The Balaban J connectivity index is 2.24. The molecule has 2 rings (SSSR count). The van der Waals surface area contributed by atoms with Gasteiger partial charge in [0.2, 0.25) is 5.78 Å². The van der Waals surface area contributed by atoms with E-state index in [0.29, 0.717) is 6.54 Å². The number of Topliss-reactive ketones (excluding diaryl/α,β-unsaturated/α-hetero) is 1.